The Labute approximate surface area is 89.6 Å². The van der Waals surface area contributed by atoms with E-state index < -0.39 is 23.5 Å². The maximum absolute atomic E-state index is 11.2. The molecule has 15 heavy (non-hydrogen) atoms. The lowest BCUT2D eigenvalue weighted by atomic mass is 9.87. The van der Waals surface area contributed by atoms with E-state index in [0.717, 1.165) is 0 Å². The van der Waals surface area contributed by atoms with E-state index in [0.29, 0.717) is 6.54 Å². The van der Waals surface area contributed by atoms with Crippen molar-refractivity contribution in [2.45, 2.75) is 26.8 Å². The van der Waals surface area contributed by atoms with Crippen molar-refractivity contribution in [2.24, 2.45) is 5.41 Å². The van der Waals surface area contributed by atoms with Gasteiger partial charge < -0.3 is 15.7 Å². The lowest BCUT2D eigenvalue weighted by Crippen LogP contribution is -2.52. The van der Waals surface area contributed by atoms with Gasteiger partial charge in [0.15, 0.2) is 0 Å². The zero-order valence-corrected chi connectivity index (χ0v) is 9.33. The molecule has 2 amide bonds. The van der Waals surface area contributed by atoms with Crippen LogP contribution in [-0.2, 0) is 4.79 Å². The van der Waals surface area contributed by atoms with Gasteiger partial charge in [-0.15, -0.1) is 6.58 Å². The molecule has 0 rings (SSSR count). The van der Waals surface area contributed by atoms with Crippen LogP contribution in [0.15, 0.2) is 12.7 Å². The Morgan fingerprint density at radius 3 is 2.33 bits per heavy atom. The first-order chi connectivity index (χ1) is 6.79. The van der Waals surface area contributed by atoms with Gasteiger partial charge in [0.1, 0.15) is 6.04 Å². The van der Waals surface area contributed by atoms with E-state index in [2.05, 4.69) is 17.2 Å². The highest BCUT2D eigenvalue weighted by Gasteiger charge is 2.32. The Bertz CT molecular complexity index is 256. The normalized spacial score (nSPS) is 12.7. The van der Waals surface area contributed by atoms with E-state index in [1.54, 1.807) is 20.8 Å². The second-order valence-corrected chi connectivity index (χ2v) is 4.28. The zero-order chi connectivity index (χ0) is 12.1. The SMILES string of the molecule is C=CCNC(=O)N[C@@H](C(=O)O)C(C)(C)C. The molecule has 1 atom stereocenters. The summed E-state index contributed by atoms with van der Waals surface area (Å²) in [5.74, 6) is -1.05. The van der Waals surface area contributed by atoms with Gasteiger partial charge in [-0.25, -0.2) is 9.59 Å². The largest absolute Gasteiger partial charge is 0.480 e. The number of carbonyl (C=O) groups is 2. The summed E-state index contributed by atoms with van der Waals surface area (Å²) in [7, 11) is 0. The second-order valence-electron chi connectivity index (χ2n) is 4.28. The summed E-state index contributed by atoms with van der Waals surface area (Å²) in [5, 5.41) is 13.8. The molecule has 0 aliphatic rings. The minimum atomic E-state index is -1.05. The van der Waals surface area contributed by atoms with Crippen LogP contribution in [-0.4, -0.2) is 29.7 Å². The number of carbonyl (C=O) groups excluding carboxylic acids is 1. The van der Waals surface area contributed by atoms with Gasteiger partial charge in [-0.2, -0.15) is 0 Å². The predicted molar refractivity (Wildman–Crippen MR) is 57.6 cm³/mol. The van der Waals surface area contributed by atoms with Crippen LogP contribution in [0.3, 0.4) is 0 Å². The zero-order valence-electron chi connectivity index (χ0n) is 9.33. The summed E-state index contributed by atoms with van der Waals surface area (Å²) in [6, 6.07) is -1.42. The van der Waals surface area contributed by atoms with Gasteiger partial charge in [0.2, 0.25) is 0 Å². The monoisotopic (exact) mass is 214 g/mol. The fourth-order valence-corrected chi connectivity index (χ4v) is 0.996. The Balaban J connectivity index is 4.37. The molecule has 0 fully saturated rings. The van der Waals surface area contributed by atoms with Crippen LogP contribution in [0.25, 0.3) is 0 Å². The number of rotatable bonds is 4. The van der Waals surface area contributed by atoms with Crippen molar-refractivity contribution < 1.29 is 14.7 Å². The quantitative estimate of drug-likeness (QED) is 0.610. The third kappa shape index (κ3) is 5.05. The molecule has 0 bridgehead atoms. The first-order valence-corrected chi connectivity index (χ1v) is 4.67. The minimum absolute atomic E-state index is 0.308. The highest BCUT2D eigenvalue weighted by atomic mass is 16.4. The Morgan fingerprint density at radius 2 is 2.00 bits per heavy atom. The number of urea groups is 1. The van der Waals surface area contributed by atoms with Crippen LogP contribution in [0.2, 0.25) is 0 Å². The minimum Gasteiger partial charge on any atom is -0.480 e. The topological polar surface area (TPSA) is 78.4 Å². The number of carboxylic acid groups (broad SMARTS) is 1. The summed E-state index contributed by atoms with van der Waals surface area (Å²) in [6.45, 7) is 8.99. The van der Waals surface area contributed by atoms with Crippen LogP contribution in [0.1, 0.15) is 20.8 Å². The standard InChI is InChI=1S/C10H18N2O3/c1-5-6-11-9(15)12-7(8(13)14)10(2,3)4/h5,7H,1,6H2,2-4H3,(H,13,14)(H2,11,12,15)/t7-/m0/s1. The molecular weight excluding hydrogens is 196 g/mol. The Hall–Kier alpha value is -1.52. The maximum Gasteiger partial charge on any atom is 0.326 e. The van der Waals surface area contributed by atoms with Crippen molar-refractivity contribution in [3.63, 3.8) is 0 Å². The van der Waals surface area contributed by atoms with Crippen LogP contribution >= 0.6 is 0 Å². The van der Waals surface area contributed by atoms with E-state index in [1.807, 2.05) is 0 Å². The maximum atomic E-state index is 11.2. The summed E-state index contributed by atoms with van der Waals surface area (Å²) >= 11 is 0. The Morgan fingerprint density at radius 1 is 1.47 bits per heavy atom. The van der Waals surface area contributed by atoms with Crippen LogP contribution in [0.4, 0.5) is 4.79 Å². The molecule has 0 unspecified atom stereocenters. The van der Waals surface area contributed by atoms with Gasteiger partial charge in [-0.1, -0.05) is 26.8 Å². The third-order valence-electron chi connectivity index (χ3n) is 1.80. The van der Waals surface area contributed by atoms with Crippen molar-refractivity contribution in [1.82, 2.24) is 10.6 Å². The van der Waals surface area contributed by atoms with Gasteiger partial charge >= 0.3 is 12.0 Å². The molecule has 5 heteroatoms. The van der Waals surface area contributed by atoms with Crippen LogP contribution in [0, 0.1) is 5.41 Å². The molecule has 0 spiro atoms. The van der Waals surface area contributed by atoms with Gasteiger partial charge in [0, 0.05) is 6.54 Å². The molecule has 0 saturated carbocycles. The van der Waals surface area contributed by atoms with Crippen molar-refractivity contribution in [2.75, 3.05) is 6.54 Å². The lowest BCUT2D eigenvalue weighted by molar-refractivity contribution is -0.141. The van der Waals surface area contributed by atoms with Gasteiger partial charge in [-0.3, -0.25) is 0 Å². The molecule has 0 radical (unpaired) electrons. The van der Waals surface area contributed by atoms with Crippen LogP contribution in [0.5, 0.6) is 0 Å². The summed E-state index contributed by atoms with van der Waals surface area (Å²) < 4.78 is 0. The number of hydrogen-bond donors (Lipinski definition) is 3. The van der Waals surface area contributed by atoms with Crippen molar-refractivity contribution in [3.8, 4) is 0 Å². The van der Waals surface area contributed by atoms with Crippen molar-refractivity contribution in [1.29, 1.82) is 0 Å². The first kappa shape index (κ1) is 13.5. The predicted octanol–water partition coefficient (Wildman–Crippen LogP) is 0.971. The molecule has 5 nitrogen and oxygen atoms in total. The average Bonchev–Trinajstić information content (AvgIpc) is 2.08. The number of nitrogens with one attached hydrogen (secondary N) is 2. The molecular formula is C10H18N2O3. The summed E-state index contributed by atoms with van der Waals surface area (Å²) in [6.07, 6.45) is 1.52. The van der Waals surface area contributed by atoms with E-state index in [1.165, 1.54) is 6.08 Å². The first-order valence-electron chi connectivity index (χ1n) is 4.67. The lowest BCUT2D eigenvalue weighted by Gasteiger charge is -2.27. The summed E-state index contributed by atoms with van der Waals surface area (Å²) in [4.78, 5) is 22.1. The molecule has 3 N–H and O–H groups in total. The summed E-state index contributed by atoms with van der Waals surface area (Å²) in [5.41, 5.74) is -0.530. The van der Waals surface area contributed by atoms with Gasteiger partial charge in [0.05, 0.1) is 0 Å². The van der Waals surface area contributed by atoms with E-state index >= 15 is 0 Å². The molecule has 0 aliphatic carbocycles. The molecule has 0 aliphatic heterocycles. The van der Waals surface area contributed by atoms with Gasteiger partial charge in [0.25, 0.3) is 0 Å². The van der Waals surface area contributed by atoms with Crippen molar-refractivity contribution >= 4 is 12.0 Å². The van der Waals surface area contributed by atoms with Gasteiger partial charge in [-0.05, 0) is 5.41 Å². The average molecular weight is 214 g/mol. The molecule has 0 heterocycles. The fourth-order valence-electron chi connectivity index (χ4n) is 0.996. The second kappa shape index (κ2) is 5.38. The van der Waals surface area contributed by atoms with Crippen LogP contribution < -0.4 is 10.6 Å². The molecule has 86 valence electrons. The van der Waals surface area contributed by atoms with Crippen molar-refractivity contribution in [3.05, 3.63) is 12.7 Å². The smallest absolute Gasteiger partial charge is 0.326 e. The highest BCUT2D eigenvalue weighted by Crippen LogP contribution is 2.19. The Kier molecular flexibility index (Phi) is 4.84. The van der Waals surface area contributed by atoms with E-state index in [-0.39, 0.29) is 0 Å². The fraction of sp³-hybridized carbons (Fsp3) is 0.600. The highest BCUT2D eigenvalue weighted by molar-refractivity contribution is 5.83. The number of hydrogen-bond acceptors (Lipinski definition) is 2. The molecule has 0 aromatic rings. The molecule has 0 saturated heterocycles. The number of carboxylic acids is 1. The van der Waals surface area contributed by atoms with E-state index in [4.69, 9.17) is 5.11 Å². The third-order valence-corrected chi connectivity index (χ3v) is 1.80. The van der Waals surface area contributed by atoms with E-state index in [9.17, 15) is 9.59 Å². The number of amides is 2. The number of aliphatic carboxylic acids is 1. The molecule has 0 aromatic carbocycles. The molecule has 0 aromatic heterocycles.